The molecule has 1 aliphatic heterocycles. The number of ether oxygens (including phenoxy) is 2. The molecule has 1 saturated heterocycles. The van der Waals surface area contributed by atoms with Gasteiger partial charge >= 0.3 is 0 Å². The van der Waals surface area contributed by atoms with Crippen LogP contribution in [0.4, 0.5) is 11.4 Å². The van der Waals surface area contributed by atoms with Crippen LogP contribution in [0.25, 0.3) is 0 Å². The molecule has 4 rings (SSSR count). The molecule has 0 spiro atoms. The van der Waals surface area contributed by atoms with E-state index in [1.54, 1.807) is 19.2 Å². The van der Waals surface area contributed by atoms with Crippen LogP contribution in [0.3, 0.4) is 0 Å². The van der Waals surface area contributed by atoms with Gasteiger partial charge in [0.05, 0.1) is 19.8 Å². The van der Waals surface area contributed by atoms with E-state index in [0.717, 1.165) is 37.6 Å². The van der Waals surface area contributed by atoms with E-state index >= 15 is 0 Å². The molecular weight excluding hydrogens is 430 g/mol. The fraction of sp³-hybridized carbons (Fsp3) is 0.259. The third-order valence-corrected chi connectivity index (χ3v) is 5.61. The number of nitrogens with zero attached hydrogens (tertiary/aromatic N) is 2. The molecule has 2 amide bonds. The average Bonchev–Trinajstić information content (AvgIpc) is 2.89. The van der Waals surface area contributed by atoms with E-state index in [2.05, 4.69) is 10.2 Å². The molecule has 1 atom stereocenters. The molecule has 176 valence electrons. The van der Waals surface area contributed by atoms with Gasteiger partial charge in [0.2, 0.25) is 12.0 Å². The standard InChI is InChI=1S/C27H29N3O4/c1-29(20-25(31)28-22-12-14-23(15-13-22)30-16-18-33-19-17-30)27(32)26(21-8-4-2-5-9-21)34-24-10-6-3-7-11-24/h2-15,26H,16-20H2,1H3,(H,28,31). The van der Waals surface area contributed by atoms with E-state index in [-0.39, 0.29) is 18.4 Å². The second-order valence-corrected chi connectivity index (χ2v) is 8.11. The lowest BCUT2D eigenvalue weighted by atomic mass is 10.1. The highest BCUT2D eigenvalue weighted by Gasteiger charge is 2.27. The molecule has 0 radical (unpaired) electrons. The first-order valence-electron chi connectivity index (χ1n) is 11.3. The van der Waals surface area contributed by atoms with Gasteiger partial charge in [-0.25, -0.2) is 0 Å². The van der Waals surface area contributed by atoms with Crippen molar-refractivity contribution in [3.8, 4) is 5.75 Å². The summed E-state index contributed by atoms with van der Waals surface area (Å²) < 4.78 is 11.4. The summed E-state index contributed by atoms with van der Waals surface area (Å²) in [5.74, 6) is 0.0114. The summed E-state index contributed by atoms with van der Waals surface area (Å²) in [6.45, 7) is 3.05. The molecule has 7 nitrogen and oxygen atoms in total. The maximum absolute atomic E-state index is 13.3. The second kappa shape index (κ2) is 11.3. The maximum Gasteiger partial charge on any atom is 0.268 e. The van der Waals surface area contributed by atoms with Crippen molar-refractivity contribution < 1.29 is 19.1 Å². The molecule has 0 saturated carbocycles. The number of amides is 2. The Hall–Kier alpha value is -3.84. The van der Waals surface area contributed by atoms with Crippen molar-refractivity contribution in [2.24, 2.45) is 0 Å². The Balaban J connectivity index is 1.38. The minimum atomic E-state index is -0.853. The highest BCUT2D eigenvalue weighted by atomic mass is 16.5. The number of anilines is 2. The van der Waals surface area contributed by atoms with Crippen LogP contribution < -0.4 is 15.0 Å². The molecule has 1 unspecified atom stereocenters. The first-order valence-corrected chi connectivity index (χ1v) is 11.3. The minimum Gasteiger partial charge on any atom is -0.476 e. The molecule has 0 aliphatic carbocycles. The topological polar surface area (TPSA) is 71.1 Å². The fourth-order valence-electron chi connectivity index (χ4n) is 3.80. The lowest BCUT2D eigenvalue weighted by Gasteiger charge is -2.29. The largest absolute Gasteiger partial charge is 0.476 e. The Morgan fingerprint density at radius 3 is 2.21 bits per heavy atom. The van der Waals surface area contributed by atoms with Crippen molar-refractivity contribution >= 4 is 23.2 Å². The average molecular weight is 460 g/mol. The first kappa shape index (κ1) is 23.3. The number of benzene rings is 3. The van der Waals surface area contributed by atoms with E-state index in [4.69, 9.17) is 9.47 Å². The van der Waals surface area contributed by atoms with Crippen molar-refractivity contribution in [2.45, 2.75) is 6.10 Å². The van der Waals surface area contributed by atoms with Crippen LogP contribution in [0.5, 0.6) is 5.75 Å². The lowest BCUT2D eigenvalue weighted by molar-refractivity contribution is -0.140. The first-order chi connectivity index (χ1) is 16.6. The van der Waals surface area contributed by atoms with Gasteiger partial charge in [0.25, 0.3) is 5.91 Å². The van der Waals surface area contributed by atoms with Crippen LogP contribution in [-0.2, 0) is 14.3 Å². The number of likely N-dealkylation sites (N-methyl/N-ethyl adjacent to an activating group) is 1. The summed E-state index contributed by atoms with van der Waals surface area (Å²) in [6.07, 6.45) is -0.853. The SMILES string of the molecule is CN(CC(=O)Nc1ccc(N2CCOCC2)cc1)C(=O)C(Oc1ccccc1)c1ccccc1. The molecule has 3 aromatic rings. The van der Waals surface area contributed by atoms with Gasteiger partial charge in [-0.15, -0.1) is 0 Å². The second-order valence-electron chi connectivity index (χ2n) is 8.11. The van der Waals surface area contributed by atoms with Crippen molar-refractivity contribution in [3.63, 3.8) is 0 Å². The van der Waals surface area contributed by atoms with Crippen LogP contribution >= 0.6 is 0 Å². The number of hydrogen-bond acceptors (Lipinski definition) is 5. The summed E-state index contributed by atoms with van der Waals surface area (Å²) in [5.41, 5.74) is 2.50. The summed E-state index contributed by atoms with van der Waals surface area (Å²) in [7, 11) is 1.60. The van der Waals surface area contributed by atoms with Crippen LogP contribution in [0.1, 0.15) is 11.7 Å². The van der Waals surface area contributed by atoms with Crippen molar-refractivity contribution in [2.75, 3.05) is 50.1 Å². The Kier molecular flexibility index (Phi) is 7.78. The van der Waals surface area contributed by atoms with Crippen molar-refractivity contribution in [1.29, 1.82) is 0 Å². The molecule has 0 bridgehead atoms. The molecule has 0 aromatic heterocycles. The van der Waals surface area contributed by atoms with E-state index in [0.29, 0.717) is 11.4 Å². The Morgan fingerprint density at radius 2 is 1.56 bits per heavy atom. The predicted octanol–water partition coefficient (Wildman–Crippen LogP) is 3.74. The number of rotatable bonds is 8. The Labute approximate surface area is 199 Å². The molecular formula is C27H29N3O4. The van der Waals surface area contributed by atoms with Gasteiger partial charge in [0, 0.05) is 37.1 Å². The van der Waals surface area contributed by atoms with E-state index in [1.807, 2.05) is 72.8 Å². The number of hydrogen-bond donors (Lipinski definition) is 1. The highest BCUT2D eigenvalue weighted by molar-refractivity contribution is 5.95. The van der Waals surface area contributed by atoms with Gasteiger partial charge in [-0.3, -0.25) is 9.59 Å². The summed E-state index contributed by atoms with van der Waals surface area (Å²) in [6, 6.07) is 26.2. The minimum absolute atomic E-state index is 0.0917. The third kappa shape index (κ3) is 6.14. The molecule has 34 heavy (non-hydrogen) atoms. The Morgan fingerprint density at radius 1 is 0.941 bits per heavy atom. The normalized spacial score (nSPS) is 14.2. The summed E-state index contributed by atoms with van der Waals surface area (Å²) in [4.78, 5) is 29.6. The third-order valence-electron chi connectivity index (χ3n) is 5.61. The lowest BCUT2D eigenvalue weighted by Crippen LogP contribution is -2.39. The number of carbonyl (C=O) groups is 2. The molecule has 3 aromatic carbocycles. The van der Waals surface area contributed by atoms with Gasteiger partial charge in [0.15, 0.2) is 0 Å². The van der Waals surface area contributed by atoms with Crippen LogP contribution in [0.15, 0.2) is 84.9 Å². The molecule has 1 aliphatic rings. The molecule has 1 heterocycles. The number of nitrogens with one attached hydrogen (secondary N) is 1. The summed E-state index contributed by atoms with van der Waals surface area (Å²) in [5, 5.41) is 2.87. The smallest absolute Gasteiger partial charge is 0.268 e. The fourth-order valence-corrected chi connectivity index (χ4v) is 3.80. The summed E-state index contributed by atoms with van der Waals surface area (Å²) >= 11 is 0. The van der Waals surface area contributed by atoms with Gasteiger partial charge in [-0.1, -0.05) is 48.5 Å². The Bertz CT molecular complexity index is 1070. The zero-order chi connectivity index (χ0) is 23.8. The number of para-hydroxylation sites is 1. The van der Waals surface area contributed by atoms with Gasteiger partial charge in [0.1, 0.15) is 5.75 Å². The van der Waals surface area contributed by atoms with Crippen LogP contribution in [0, 0.1) is 0 Å². The van der Waals surface area contributed by atoms with E-state index in [9.17, 15) is 9.59 Å². The van der Waals surface area contributed by atoms with Gasteiger partial charge < -0.3 is 24.6 Å². The van der Waals surface area contributed by atoms with Crippen LogP contribution in [0.2, 0.25) is 0 Å². The quantitative estimate of drug-likeness (QED) is 0.556. The molecule has 1 fully saturated rings. The maximum atomic E-state index is 13.3. The van der Waals surface area contributed by atoms with E-state index < -0.39 is 6.10 Å². The van der Waals surface area contributed by atoms with Crippen molar-refractivity contribution in [3.05, 3.63) is 90.5 Å². The van der Waals surface area contributed by atoms with Gasteiger partial charge in [-0.05, 0) is 36.4 Å². The zero-order valence-electron chi connectivity index (χ0n) is 19.2. The van der Waals surface area contributed by atoms with Crippen molar-refractivity contribution in [1.82, 2.24) is 4.90 Å². The number of morpholine rings is 1. The predicted molar refractivity (Wildman–Crippen MR) is 132 cm³/mol. The van der Waals surface area contributed by atoms with Gasteiger partial charge in [-0.2, -0.15) is 0 Å². The number of carbonyl (C=O) groups excluding carboxylic acids is 2. The van der Waals surface area contributed by atoms with E-state index in [1.165, 1.54) is 4.90 Å². The highest BCUT2D eigenvalue weighted by Crippen LogP contribution is 2.24. The monoisotopic (exact) mass is 459 g/mol. The molecule has 7 heteroatoms. The molecule has 1 N–H and O–H groups in total. The van der Waals surface area contributed by atoms with Crippen LogP contribution in [-0.4, -0.2) is 56.6 Å². The zero-order valence-corrected chi connectivity index (χ0v) is 19.2.